The van der Waals surface area contributed by atoms with Crippen LogP contribution in [-0.4, -0.2) is 21.8 Å². The molecular formula is C19H27BrO2. The topological polar surface area (TPSA) is 37.3 Å². The zero-order valence-electron chi connectivity index (χ0n) is 13.6. The molecular weight excluding hydrogens is 340 g/mol. The third-order valence-electron chi connectivity index (χ3n) is 7.78. The third kappa shape index (κ3) is 1.90. The van der Waals surface area contributed by atoms with Gasteiger partial charge in [-0.15, -0.1) is 0 Å². The van der Waals surface area contributed by atoms with Crippen molar-refractivity contribution in [2.45, 2.75) is 69.7 Å². The Kier molecular flexibility index (Phi) is 3.44. The van der Waals surface area contributed by atoms with Gasteiger partial charge in [0.1, 0.15) is 0 Å². The van der Waals surface area contributed by atoms with Crippen molar-refractivity contribution in [2.75, 3.05) is 0 Å². The van der Waals surface area contributed by atoms with Gasteiger partial charge in [-0.25, -0.2) is 0 Å². The van der Waals surface area contributed by atoms with Crippen molar-refractivity contribution in [3.05, 3.63) is 11.6 Å². The summed E-state index contributed by atoms with van der Waals surface area (Å²) >= 11 is 3.64. The summed E-state index contributed by atoms with van der Waals surface area (Å²) in [7, 11) is 0. The van der Waals surface area contributed by atoms with Crippen LogP contribution < -0.4 is 0 Å². The van der Waals surface area contributed by atoms with Gasteiger partial charge in [0.2, 0.25) is 0 Å². The zero-order valence-corrected chi connectivity index (χ0v) is 15.2. The van der Waals surface area contributed by atoms with E-state index >= 15 is 0 Å². The highest BCUT2D eigenvalue weighted by Gasteiger charge is 2.60. The Hall–Kier alpha value is -0.150. The molecule has 0 heterocycles. The Labute approximate surface area is 141 Å². The molecule has 0 radical (unpaired) electrons. The largest absolute Gasteiger partial charge is 0.393 e. The summed E-state index contributed by atoms with van der Waals surface area (Å²) in [6.45, 7) is 4.66. The number of allylic oxidation sites excluding steroid dienone is 1. The number of hydrogen-bond donors (Lipinski definition) is 1. The molecule has 3 unspecified atom stereocenters. The number of alkyl halides is 1. The molecule has 7 atom stereocenters. The fraction of sp³-hybridized carbons (Fsp3) is 0.842. The normalized spacial score (nSPS) is 54.3. The number of hydrogen-bond acceptors (Lipinski definition) is 2. The Morgan fingerprint density at radius 2 is 1.91 bits per heavy atom. The minimum Gasteiger partial charge on any atom is -0.393 e. The first-order valence-corrected chi connectivity index (χ1v) is 9.84. The van der Waals surface area contributed by atoms with Crippen molar-refractivity contribution < 1.29 is 9.90 Å². The summed E-state index contributed by atoms with van der Waals surface area (Å²) in [4.78, 5) is 12.7. The second-order valence-electron chi connectivity index (χ2n) is 8.68. The van der Waals surface area contributed by atoms with E-state index in [1.807, 2.05) is 0 Å². The van der Waals surface area contributed by atoms with E-state index in [4.69, 9.17) is 0 Å². The van der Waals surface area contributed by atoms with Crippen LogP contribution >= 0.6 is 15.9 Å². The first-order chi connectivity index (χ1) is 10.4. The highest BCUT2D eigenvalue weighted by atomic mass is 79.9. The summed E-state index contributed by atoms with van der Waals surface area (Å²) in [5.74, 6) is 2.37. The van der Waals surface area contributed by atoms with Gasteiger partial charge in [0.25, 0.3) is 0 Å². The molecule has 4 aliphatic carbocycles. The van der Waals surface area contributed by atoms with Crippen molar-refractivity contribution >= 4 is 21.7 Å². The minimum atomic E-state index is -0.135. The standard InChI is InChI=1S/C19H27BrO2/c1-18-7-5-12(21)9-11(18)3-4-13-14(18)6-8-19(2)15(13)10-16(20)17(19)22/h3,12-16,21H,4-10H2,1-2H3/t12-,13?,14?,15?,16+,18-,19-/m0/s1. The smallest absolute Gasteiger partial charge is 0.152 e. The van der Waals surface area contributed by atoms with E-state index in [0.29, 0.717) is 23.5 Å². The lowest BCUT2D eigenvalue weighted by Gasteiger charge is -2.56. The van der Waals surface area contributed by atoms with E-state index in [1.54, 1.807) is 0 Å². The maximum Gasteiger partial charge on any atom is 0.152 e. The molecule has 0 aromatic carbocycles. The lowest BCUT2D eigenvalue weighted by molar-refractivity contribution is -0.131. The predicted molar refractivity (Wildman–Crippen MR) is 90.8 cm³/mol. The van der Waals surface area contributed by atoms with E-state index < -0.39 is 0 Å². The number of carbonyl (C=O) groups excluding carboxylic acids is 1. The van der Waals surface area contributed by atoms with Gasteiger partial charge in [-0.05, 0) is 68.1 Å². The quantitative estimate of drug-likeness (QED) is 0.513. The number of Topliss-reactive ketones (excluding diaryl/α,β-unsaturated/α-hetero) is 1. The van der Waals surface area contributed by atoms with Crippen LogP contribution in [0.25, 0.3) is 0 Å². The number of halogens is 1. The fourth-order valence-electron chi connectivity index (χ4n) is 6.39. The van der Waals surface area contributed by atoms with Gasteiger partial charge in [-0.1, -0.05) is 41.4 Å². The lowest BCUT2D eigenvalue weighted by Crippen LogP contribution is -2.50. The fourth-order valence-corrected chi connectivity index (χ4v) is 7.32. The Balaban J connectivity index is 1.70. The molecule has 0 aromatic rings. The molecule has 3 heteroatoms. The molecule has 0 aliphatic heterocycles. The molecule has 3 saturated carbocycles. The van der Waals surface area contributed by atoms with Crippen molar-refractivity contribution in [3.8, 4) is 0 Å². The molecule has 0 saturated heterocycles. The summed E-state index contributed by atoms with van der Waals surface area (Å²) in [6.07, 6.45) is 9.63. The molecule has 0 spiro atoms. The first kappa shape index (κ1) is 15.4. The number of fused-ring (bicyclic) bond motifs is 5. The van der Waals surface area contributed by atoms with Crippen molar-refractivity contribution in [3.63, 3.8) is 0 Å². The predicted octanol–water partition coefficient (Wildman–Crippen LogP) is 4.25. The number of rotatable bonds is 0. The van der Waals surface area contributed by atoms with Gasteiger partial charge in [-0.2, -0.15) is 0 Å². The molecule has 0 amide bonds. The van der Waals surface area contributed by atoms with Crippen molar-refractivity contribution in [2.24, 2.45) is 28.6 Å². The third-order valence-corrected chi connectivity index (χ3v) is 8.57. The van der Waals surface area contributed by atoms with Gasteiger partial charge in [0.15, 0.2) is 5.78 Å². The molecule has 2 nitrogen and oxygen atoms in total. The van der Waals surface area contributed by atoms with Gasteiger partial charge < -0.3 is 5.11 Å². The SMILES string of the molecule is C[C@]12CC[C@H](O)CC1=CCC1C2CC[C@]2(C)C(=O)[C@H](Br)CC12. The first-order valence-electron chi connectivity index (χ1n) is 8.92. The lowest BCUT2D eigenvalue weighted by atomic mass is 9.48. The highest BCUT2D eigenvalue weighted by Crippen LogP contribution is 2.64. The highest BCUT2D eigenvalue weighted by molar-refractivity contribution is 9.10. The number of ketones is 1. The second-order valence-corrected chi connectivity index (χ2v) is 9.78. The Morgan fingerprint density at radius 1 is 1.18 bits per heavy atom. The van der Waals surface area contributed by atoms with Crippen LogP contribution in [0.5, 0.6) is 0 Å². The van der Waals surface area contributed by atoms with Crippen LogP contribution in [0.1, 0.15) is 58.8 Å². The maximum atomic E-state index is 12.6. The average molecular weight is 367 g/mol. The van der Waals surface area contributed by atoms with E-state index in [2.05, 4.69) is 35.9 Å². The number of aliphatic hydroxyl groups is 1. The molecule has 122 valence electrons. The summed E-state index contributed by atoms with van der Waals surface area (Å²) < 4.78 is 0. The number of carbonyl (C=O) groups is 1. The summed E-state index contributed by atoms with van der Waals surface area (Å²) in [5.41, 5.74) is 1.69. The molecule has 4 aliphatic rings. The van der Waals surface area contributed by atoms with E-state index in [-0.39, 0.29) is 21.8 Å². The second kappa shape index (κ2) is 4.92. The van der Waals surface area contributed by atoms with Gasteiger partial charge >= 0.3 is 0 Å². The summed E-state index contributed by atoms with van der Waals surface area (Å²) in [6, 6.07) is 0. The molecule has 3 fully saturated rings. The molecule has 22 heavy (non-hydrogen) atoms. The van der Waals surface area contributed by atoms with Gasteiger partial charge in [-0.3, -0.25) is 4.79 Å². The van der Waals surface area contributed by atoms with Crippen molar-refractivity contribution in [1.82, 2.24) is 0 Å². The Morgan fingerprint density at radius 3 is 2.68 bits per heavy atom. The molecule has 0 aromatic heterocycles. The zero-order chi connectivity index (χ0) is 15.7. The summed E-state index contributed by atoms with van der Waals surface area (Å²) in [5, 5.41) is 10.0. The maximum absolute atomic E-state index is 12.6. The average Bonchev–Trinajstić information content (AvgIpc) is 2.72. The van der Waals surface area contributed by atoms with E-state index in [1.165, 1.54) is 12.0 Å². The van der Waals surface area contributed by atoms with Gasteiger partial charge in [0, 0.05) is 5.41 Å². The van der Waals surface area contributed by atoms with E-state index in [9.17, 15) is 9.90 Å². The van der Waals surface area contributed by atoms with Crippen molar-refractivity contribution in [1.29, 1.82) is 0 Å². The van der Waals surface area contributed by atoms with Gasteiger partial charge in [0.05, 0.1) is 10.9 Å². The van der Waals surface area contributed by atoms with Crippen LogP contribution in [0, 0.1) is 28.6 Å². The van der Waals surface area contributed by atoms with Crippen LogP contribution in [-0.2, 0) is 4.79 Å². The van der Waals surface area contributed by atoms with Crippen LogP contribution in [0.15, 0.2) is 11.6 Å². The monoisotopic (exact) mass is 366 g/mol. The van der Waals surface area contributed by atoms with Crippen LogP contribution in [0.3, 0.4) is 0 Å². The number of aliphatic hydroxyl groups excluding tert-OH is 1. The Bertz CT molecular complexity index is 542. The molecule has 1 N–H and O–H groups in total. The van der Waals surface area contributed by atoms with Crippen LogP contribution in [0.4, 0.5) is 0 Å². The minimum absolute atomic E-state index is 0.0765. The van der Waals surface area contributed by atoms with E-state index in [0.717, 1.165) is 38.5 Å². The molecule has 4 rings (SSSR count). The molecule has 0 bridgehead atoms. The van der Waals surface area contributed by atoms with Crippen LogP contribution in [0.2, 0.25) is 0 Å².